The zero-order valence-electron chi connectivity index (χ0n) is 17.7. The van der Waals surface area contributed by atoms with Crippen LogP contribution in [0, 0.1) is 12.8 Å². The fraction of sp³-hybridized carbons (Fsp3) is 0.400. The van der Waals surface area contributed by atoms with Crippen LogP contribution in [0.5, 0.6) is 0 Å². The molecule has 3 aromatic rings. The molecule has 4 heterocycles. The highest BCUT2D eigenvalue weighted by atomic mass is 15.4. The second-order valence-electron chi connectivity index (χ2n) is 8.76. The first kappa shape index (κ1) is 19.5. The van der Waals surface area contributed by atoms with Crippen molar-refractivity contribution >= 4 is 0 Å². The third-order valence-corrected chi connectivity index (χ3v) is 6.69. The quantitative estimate of drug-likeness (QED) is 0.685. The summed E-state index contributed by atoms with van der Waals surface area (Å²) in [5.74, 6) is 2.18. The fourth-order valence-electron chi connectivity index (χ4n) is 5.12. The molecule has 0 saturated carbocycles. The number of piperidine rings is 1. The highest BCUT2D eigenvalue weighted by Gasteiger charge is 2.36. The summed E-state index contributed by atoms with van der Waals surface area (Å²) in [4.78, 5) is 7.15. The summed E-state index contributed by atoms with van der Waals surface area (Å²) in [7, 11) is 0. The Morgan fingerprint density at radius 3 is 2.80 bits per heavy atom. The van der Waals surface area contributed by atoms with Gasteiger partial charge in [0.1, 0.15) is 5.82 Å². The van der Waals surface area contributed by atoms with Crippen LogP contribution in [0.1, 0.15) is 35.6 Å². The van der Waals surface area contributed by atoms with Crippen LogP contribution in [0.3, 0.4) is 0 Å². The Hall–Kier alpha value is -2.47. The number of aryl methyl sites for hydroxylation is 1. The third-order valence-electron chi connectivity index (χ3n) is 6.69. The lowest BCUT2D eigenvalue weighted by Crippen LogP contribution is -2.46. The molecular formula is C25H31N5. The Morgan fingerprint density at radius 1 is 1.07 bits per heavy atom. The highest BCUT2D eigenvalue weighted by Crippen LogP contribution is 2.32. The van der Waals surface area contributed by atoms with Gasteiger partial charge in [0.25, 0.3) is 0 Å². The molecule has 5 rings (SSSR count). The zero-order valence-corrected chi connectivity index (χ0v) is 17.7. The van der Waals surface area contributed by atoms with Gasteiger partial charge in [-0.15, -0.1) is 0 Å². The maximum absolute atomic E-state index is 4.53. The van der Waals surface area contributed by atoms with Gasteiger partial charge in [-0.05, 0) is 62.1 Å². The number of nitrogens with zero attached hydrogens (tertiary/aromatic N) is 3. The highest BCUT2D eigenvalue weighted by molar-refractivity contribution is 5.28. The first-order valence-electron chi connectivity index (χ1n) is 11.1. The van der Waals surface area contributed by atoms with Crippen LogP contribution >= 0.6 is 0 Å². The third kappa shape index (κ3) is 4.06. The molecule has 2 saturated heterocycles. The summed E-state index contributed by atoms with van der Waals surface area (Å²) in [6.07, 6.45) is 6.53. The van der Waals surface area contributed by atoms with Gasteiger partial charge in [-0.3, -0.25) is 15.8 Å². The number of nitrogens with one attached hydrogen (secondary N) is 2. The minimum Gasteiger partial charge on any atom is -0.304 e. The van der Waals surface area contributed by atoms with Crippen LogP contribution in [-0.4, -0.2) is 40.1 Å². The number of benzene rings is 1. The minimum absolute atomic E-state index is 0.484. The number of rotatable bonds is 5. The first-order chi connectivity index (χ1) is 14.8. The lowest BCUT2D eigenvalue weighted by Gasteiger charge is -2.37. The van der Waals surface area contributed by atoms with Gasteiger partial charge in [-0.25, -0.2) is 4.98 Å². The largest absolute Gasteiger partial charge is 0.304 e. The Labute approximate surface area is 179 Å². The van der Waals surface area contributed by atoms with Gasteiger partial charge in [-0.2, -0.15) is 0 Å². The Morgan fingerprint density at radius 2 is 1.97 bits per heavy atom. The van der Waals surface area contributed by atoms with E-state index in [1.54, 1.807) is 0 Å². The van der Waals surface area contributed by atoms with Gasteiger partial charge in [-0.1, -0.05) is 35.9 Å². The summed E-state index contributed by atoms with van der Waals surface area (Å²) in [6, 6.07) is 20.0. The van der Waals surface area contributed by atoms with Gasteiger partial charge in [0.05, 0.1) is 0 Å². The SMILES string of the molecule is Cc1ccc(C2CNNC2C2CCCN(Cc3cccn3-c3ccccn3)C2)cc1. The molecule has 0 spiro atoms. The number of pyridine rings is 1. The van der Waals surface area contributed by atoms with Crippen molar-refractivity contribution in [1.82, 2.24) is 25.3 Å². The lowest BCUT2D eigenvalue weighted by molar-refractivity contribution is 0.138. The monoisotopic (exact) mass is 401 g/mol. The van der Waals surface area contributed by atoms with Crippen molar-refractivity contribution in [2.45, 2.75) is 38.3 Å². The smallest absolute Gasteiger partial charge is 0.136 e. The number of hydrogen-bond acceptors (Lipinski definition) is 4. The second-order valence-corrected chi connectivity index (χ2v) is 8.76. The van der Waals surface area contributed by atoms with Crippen LogP contribution in [0.25, 0.3) is 5.82 Å². The van der Waals surface area contributed by atoms with E-state index in [-0.39, 0.29) is 0 Å². The molecule has 0 aliphatic carbocycles. The number of hydrazine groups is 1. The minimum atomic E-state index is 0.484. The average molecular weight is 402 g/mol. The Balaban J connectivity index is 1.29. The van der Waals surface area contributed by atoms with E-state index in [2.05, 4.69) is 80.9 Å². The maximum atomic E-state index is 4.53. The summed E-state index contributed by atoms with van der Waals surface area (Å²) in [5.41, 5.74) is 11.1. The fourth-order valence-corrected chi connectivity index (χ4v) is 5.12. The van der Waals surface area contributed by atoms with Crippen LogP contribution < -0.4 is 10.9 Å². The zero-order chi connectivity index (χ0) is 20.3. The average Bonchev–Trinajstić information content (AvgIpc) is 3.45. The molecule has 5 heteroatoms. The number of hydrogen-bond donors (Lipinski definition) is 2. The lowest BCUT2D eigenvalue weighted by atomic mass is 9.81. The van der Waals surface area contributed by atoms with Gasteiger partial charge in [0, 0.05) is 49.7 Å². The Bertz CT molecular complexity index is 949. The molecule has 0 radical (unpaired) electrons. The van der Waals surface area contributed by atoms with Crippen molar-refractivity contribution in [1.29, 1.82) is 0 Å². The van der Waals surface area contributed by atoms with Gasteiger partial charge >= 0.3 is 0 Å². The molecule has 2 aromatic heterocycles. The Kier molecular flexibility index (Phi) is 5.67. The van der Waals surface area contributed by atoms with Crippen molar-refractivity contribution < 1.29 is 0 Å². The van der Waals surface area contributed by atoms with Crippen molar-refractivity contribution in [3.05, 3.63) is 83.8 Å². The van der Waals surface area contributed by atoms with Crippen LogP contribution in [0.15, 0.2) is 67.0 Å². The molecule has 2 aliphatic rings. The van der Waals surface area contributed by atoms with E-state index in [4.69, 9.17) is 0 Å². The predicted octanol–water partition coefficient (Wildman–Crippen LogP) is 3.65. The molecule has 2 fully saturated rings. The summed E-state index contributed by atoms with van der Waals surface area (Å²) in [6.45, 7) is 6.43. The van der Waals surface area contributed by atoms with Gasteiger partial charge < -0.3 is 4.57 Å². The maximum Gasteiger partial charge on any atom is 0.136 e. The first-order valence-corrected chi connectivity index (χ1v) is 11.1. The van der Waals surface area contributed by atoms with Crippen molar-refractivity contribution in [2.24, 2.45) is 5.92 Å². The summed E-state index contributed by atoms with van der Waals surface area (Å²) < 4.78 is 2.22. The van der Waals surface area contributed by atoms with Crippen molar-refractivity contribution in [3.8, 4) is 5.82 Å². The van der Waals surface area contributed by atoms with Crippen molar-refractivity contribution in [2.75, 3.05) is 19.6 Å². The second kappa shape index (κ2) is 8.72. The molecule has 2 aliphatic heterocycles. The van der Waals surface area contributed by atoms with E-state index >= 15 is 0 Å². The topological polar surface area (TPSA) is 45.1 Å². The molecule has 156 valence electrons. The summed E-state index contributed by atoms with van der Waals surface area (Å²) >= 11 is 0. The van der Waals surface area contributed by atoms with Crippen LogP contribution in [0.2, 0.25) is 0 Å². The van der Waals surface area contributed by atoms with Crippen molar-refractivity contribution in [3.63, 3.8) is 0 Å². The van der Waals surface area contributed by atoms with E-state index in [1.165, 1.54) is 36.2 Å². The molecule has 5 nitrogen and oxygen atoms in total. The molecular weight excluding hydrogens is 370 g/mol. The van der Waals surface area contributed by atoms with Crippen LogP contribution in [0.4, 0.5) is 0 Å². The molecule has 30 heavy (non-hydrogen) atoms. The number of aromatic nitrogens is 2. The molecule has 3 atom stereocenters. The van der Waals surface area contributed by atoms with E-state index in [1.807, 2.05) is 18.3 Å². The van der Waals surface area contributed by atoms with Gasteiger partial charge in [0.15, 0.2) is 0 Å². The van der Waals surface area contributed by atoms with E-state index in [0.717, 1.165) is 25.5 Å². The standard InChI is InChI=1S/C25H31N5/c1-19-9-11-20(12-10-19)23-16-27-28-25(23)21-6-4-14-29(17-21)18-22-7-5-15-30(22)24-8-2-3-13-26-24/h2-3,5,7-13,15,21,23,25,27-28H,4,6,14,16-18H2,1H3. The molecule has 2 N–H and O–H groups in total. The van der Waals surface area contributed by atoms with E-state index in [9.17, 15) is 0 Å². The molecule has 0 bridgehead atoms. The normalized spacial score (nSPS) is 24.9. The predicted molar refractivity (Wildman–Crippen MR) is 120 cm³/mol. The van der Waals surface area contributed by atoms with E-state index < -0.39 is 0 Å². The molecule has 3 unspecified atom stereocenters. The van der Waals surface area contributed by atoms with Gasteiger partial charge in [0.2, 0.25) is 0 Å². The summed E-state index contributed by atoms with van der Waals surface area (Å²) in [5, 5.41) is 0. The van der Waals surface area contributed by atoms with E-state index in [0.29, 0.717) is 17.9 Å². The molecule has 1 aromatic carbocycles. The van der Waals surface area contributed by atoms with Crippen LogP contribution in [-0.2, 0) is 6.54 Å². The molecule has 0 amide bonds. The number of likely N-dealkylation sites (tertiary alicyclic amines) is 1.